The van der Waals surface area contributed by atoms with E-state index in [4.69, 9.17) is 15.0 Å². The zero-order valence-corrected chi connectivity index (χ0v) is 30.0. The molecule has 0 atom stereocenters. The Labute approximate surface area is 321 Å². The minimum absolute atomic E-state index is 0.524. The van der Waals surface area contributed by atoms with Crippen LogP contribution >= 0.6 is 0 Å². The zero-order chi connectivity index (χ0) is 36.6. The fourth-order valence-electron chi connectivity index (χ4n) is 8.32. The van der Waals surface area contributed by atoms with Gasteiger partial charge < -0.3 is 0 Å². The van der Waals surface area contributed by atoms with E-state index >= 15 is 0 Å². The zero-order valence-electron chi connectivity index (χ0n) is 30.0. The molecule has 0 spiro atoms. The molecular weight excluding hydrogens is 667 g/mol. The fraction of sp³-hybridized carbons (Fsp3) is 0.0192. The Balaban J connectivity index is 1.19. The van der Waals surface area contributed by atoms with E-state index in [1.807, 2.05) is 12.1 Å². The van der Waals surface area contributed by atoms with Gasteiger partial charge in [-0.3, -0.25) is 0 Å². The van der Waals surface area contributed by atoms with Crippen molar-refractivity contribution >= 4 is 0 Å². The van der Waals surface area contributed by atoms with Gasteiger partial charge in [0.25, 0.3) is 0 Å². The summed E-state index contributed by atoms with van der Waals surface area (Å²) in [7, 11) is 0. The van der Waals surface area contributed by atoms with E-state index < -0.39 is 5.41 Å². The van der Waals surface area contributed by atoms with Crippen LogP contribution in [0, 0.1) is 0 Å². The van der Waals surface area contributed by atoms with Gasteiger partial charge in [0.2, 0.25) is 0 Å². The van der Waals surface area contributed by atoms with Crippen molar-refractivity contribution in [1.29, 1.82) is 0 Å². The van der Waals surface area contributed by atoms with Gasteiger partial charge in [-0.15, -0.1) is 0 Å². The van der Waals surface area contributed by atoms with Crippen molar-refractivity contribution in [3.8, 4) is 67.5 Å². The van der Waals surface area contributed by atoms with Crippen LogP contribution in [0.5, 0.6) is 0 Å². The number of rotatable bonds is 7. The summed E-state index contributed by atoms with van der Waals surface area (Å²) in [6, 6.07) is 75.1. The quantitative estimate of drug-likeness (QED) is 0.166. The van der Waals surface area contributed by atoms with Gasteiger partial charge in [-0.1, -0.05) is 212 Å². The van der Waals surface area contributed by atoms with Gasteiger partial charge in [-0.25, -0.2) is 15.0 Å². The predicted molar refractivity (Wildman–Crippen MR) is 224 cm³/mol. The van der Waals surface area contributed by atoms with Gasteiger partial charge in [-0.05, 0) is 55.6 Å². The Morgan fingerprint density at radius 1 is 0.255 bits per heavy atom. The maximum Gasteiger partial charge on any atom is 0.164 e. The molecule has 3 heteroatoms. The number of hydrogen-bond acceptors (Lipinski definition) is 3. The second-order valence-electron chi connectivity index (χ2n) is 13.9. The van der Waals surface area contributed by atoms with E-state index in [9.17, 15) is 0 Å². The van der Waals surface area contributed by atoms with Crippen LogP contribution in [0.1, 0.15) is 22.3 Å². The van der Waals surface area contributed by atoms with Gasteiger partial charge in [-0.2, -0.15) is 0 Å². The average Bonchev–Trinajstić information content (AvgIpc) is 3.59. The highest BCUT2D eigenvalue weighted by molar-refractivity contribution is 5.94. The Morgan fingerprint density at radius 2 is 0.618 bits per heavy atom. The highest BCUT2D eigenvalue weighted by Crippen LogP contribution is 2.58. The molecule has 0 radical (unpaired) electrons. The van der Waals surface area contributed by atoms with Gasteiger partial charge in [0.05, 0.1) is 5.41 Å². The van der Waals surface area contributed by atoms with E-state index in [2.05, 4.69) is 200 Å². The number of hydrogen-bond donors (Lipinski definition) is 0. The first-order valence-electron chi connectivity index (χ1n) is 18.7. The third-order valence-corrected chi connectivity index (χ3v) is 10.9. The van der Waals surface area contributed by atoms with Crippen molar-refractivity contribution < 1.29 is 0 Å². The maximum atomic E-state index is 5.29. The third kappa shape index (κ3) is 5.57. The van der Waals surface area contributed by atoms with Gasteiger partial charge >= 0.3 is 0 Å². The van der Waals surface area contributed by atoms with Crippen molar-refractivity contribution in [2.75, 3.05) is 0 Å². The molecule has 0 bridgehead atoms. The molecule has 1 aliphatic rings. The average molecular weight is 702 g/mol. The predicted octanol–water partition coefficient (Wildman–Crippen LogP) is 12.6. The van der Waals surface area contributed by atoms with Gasteiger partial charge in [0.15, 0.2) is 17.5 Å². The van der Waals surface area contributed by atoms with Crippen LogP contribution in [0.15, 0.2) is 212 Å². The minimum atomic E-state index is -0.524. The largest absolute Gasteiger partial charge is 0.208 e. The lowest BCUT2D eigenvalue weighted by molar-refractivity contribution is 0.768. The van der Waals surface area contributed by atoms with E-state index in [0.717, 1.165) is 33.4 Å². The van der Waals surface area contributed by atoms with Crippen molar-refractivity contribution in [3.63, 3.8) is 0 Å². The Bertz CT molecular complexity index is 2620. The molecule has 3 nitrogen and oxygen atoms in total. The number of aromatic nitrogens is 3. The molecule has 0 unspecified atom stereocenters. The van der Waals surface area contributed by atoms with Crippen LogP contribution in [0.3, 0.4) is 0 Å². The standard InChI is InChI=1S/C52H35N3/c1-5-16-36(17-6-1)38-28-32-40(33-29-38)49-53-50(41-34-30-39(31-35-41)37-18-7-2-8-19-37)55-51(54-49)45-25-15-27-47-48(45)44-24-13-14-26-46(44)52(47,42-20-9-3-10-21-42)43-22-11-4-12-23-43/h1-35H. The van der Waals surface area contributed by atoms with Crippen molar-refractivity contribution in [1.82, 2.24) is 15.0 Å². The summed E-state index contributed by atoms with van der Waals surface area (Å²) in [6.07, 6.45) is 0. The number of fused-ring (bicyclic) bond motifs is 3. The van der Waals surface area contributed by atoms with Gasteiger partial charge in [0, 0.05) is 16.7 Å². The van der Waals surface area contributed by atoms with E-state index in [0.29, 0.717) is 17.5 Å². The Morgan fingerprint density at radius 3 is 1.13 bits per heavy atom. The highest BCUT2D eigenvalue weighted by atomic mass is 15.0. The van der Waals surface area contributed by atoms with Crippen LogP contribution < -0.4 is 0 Å². The molecular formula is C52H35N3. The lowest BCUT2D eigenvalue weighted by Gasteiger charge is -2.33. The first-order chi connectivity index (χ1) is 27.3. The maximum absolute atomic E-state index is 5.29. The minimum Gasteiger partial charge on any atom is -0.208 e. The SMILES string of the molecule is c1ccc(-c2ccc(-c3nc(-c4ccc(-c5ccccc5)cc4)nc(-c4cccc5c4-c4ccccc4C5(c4ccccc4)c4ccccc4)n3)cc2)cc1. The molecule has 0 aliphatic heterocycles. The summed E-state index contributed by atoms with van der Waals surface area (Å²) in [4.78, 5) is 15.7. The summed E-state index contributed by atoms with van der Waals surface area (Å²) < 4.78 is 0. The van der Waals surface area contributed by atoms with Crippen LogP contribution in [0.4, 0.5) is 0 Å². The first-order valence-corrected chi connectivity index (χ1v) is 18.7. The summed E-state index contributed by atoms with van der Waals surface area (Å²) in [5.41, 5.74) is 14.2. The first kappa shape index (κ1) is 32.4. The smallest absolute Gasteiger partial charge is 0.164 e. The summed E-state index contributed by atoms with van der Waals surface area (Å²) in [5, 5.41) is 0. The topological polar surface area (TPSA) is 38.7 Å². The molecule has 9 aromatic rings. The Kier molecular flexibility index (Phi) is 8.04. The summed E-state index contributed by atoms with van der Waals surface area (Å²) >= 11 is 0. The van der Waals surface area contributed by atoms with E-state index in [-0.39, 0.29) is 0 Å². The molecule has 0 fully saturated rings. The van der Waals surface area contributed by atoms with Crippen molar-refractivity contribution in [2.45, 2.75) is 5.41 Å². The lowest BCUT2D eigenvalue weighted by Crippen LogP contribution is -2.28. The van der Waals surface area contributed by atoms with Crippen LogP contribution in [-0.2, 0) is 5.41 Å². The molecule has 55 heavy (non-hydrogen) atoms. The highest BCUT2D eigenvalue weighted by Gasteiger charge is 2.47. The summed E-state index contributed by atoms with van der Waals surface area (Å²) in [6.45, 7) is 0. The number of benzene rings is 8. The molecule has 1 heterocycles. The van der Waals surface area contributed by atoms with Crippen LogP contribution in [-0.4, -0.2) is 15.0 Å². The molecule has 258 valence electrons. The monoisotopic (exact) mass is 701 g/mol. The van der Waals surface area contributed by atoms with Crippen molar-refractivity contribution in [3.05, 3.63) is 235 Å². The molecule has 1 aromatic heterocycles. The van der Waals surface area contributed by atoms with Crippen LogP contribution in [0.2, 0.25) is 0 Å². The van der Waals surface area contributed by atoms with Crippen LogP contribution in [0.25, 0.3) is 67.5 Å². The summed E-state index contributed by atoms with van der Waals surface area (Å²) in [5.74, 6) is 1.91. The van der Waals surface area contributed by atoms with Crippen molar-refractivity contribution in [2.24, 2.45) is 0 Å². The molecule has 0 saturated carbocycles. The second kappa shape index (κ2) is 13.6. The third-order valence-electron chi connectivity index (χ3n) is 10.9. The number of nitrogens with zero attached hydrogens (tertiary/aromatic N) is 3. The molecule has 10 rings (SSSR count). The van der Waals surface area contributed by atoms with Gasteiger partial charge in [0.1, 0.15) is 0 Å². The molecule has 0 N–H and O–H groups in total. The lowest BCUT2D eigenvalue weighted by atomic mass is 9.67. The molecule has 8 aromatic carbocycles. The fourth-order valence-corrected chi connectivity index (χ4v) is 8.32. The molecule has 0 amide bonds. The molecule has 0 saturated heterocycles. The van der Waals surface area contributed by atoms with E-state index in [1.165, 1.54) is 38.9 Å². The normalized spacial score (nSPS) is 12.5. The molecule has 1 aliphatic carbocycles. The Hall–Kier alpha value is -7.23. The second-order valence-corrected chi connectivity index (χ2v) is 13.9. The van der Waals surface area contributed by atoms with E-state index in [1.54, 1.807) is 0 Å².